The molecule has 0 aliphatic carbocycles. The van der Waals surface area contributed by atoms with Gasteiger partial charge >= 0.3 is 6.18 Å². The molecule has 0 aliphatic heterocycles. The van der Waals surface area contributed by atoms with E-state index in [1.807, 2.05) is 52.0 Å². The van der Waals surface area contributed by atoms with Crippen LogP contribution in [0, 0.1) is 24.8 Å². The fraction of sp³-hybridized carbons (Fsp3) is 0.444. The van der Waals surface area contributed by atoms with Crippen molar-refractivity contribution < 1.29 is 43.2 Å². The van der Waals surface area contributed by atoms with E-state index in [2.05, 4.69) is 37.9 Å². The number of rotatable bonds is 8. The average molecular weight is 803 g/mol. The van der Waals surface area contributed by atoms with Gasteiger partial charge in [0, 0.05) is 64.9 Å². The van der Waals surface area contributed by atoms with Crippen molar-refractivity contribution in [1.82, 2.24) is 4.98 Å². The Bertz CT molecular complexity index is 1590. The number of aromatic nitrogens is 1. The van der Waals surface area contributed by atoms with Crippen molar-refractivity contribution in [1.29, 1.82) is 0 Å². The summed E-state index contributed by atoms with van der Waals surface area (Å²) in [6.07, 6.45) is 1.98. The van der Waals surface area contributed by atoms with Crippen molar-refractivity contribution in [3.05, 3.63) is 76.5 Å². The van der Waals surface area contributed by atoms with Gasteiger partial charge < -0.3 is 5.11 Å². The number of aliphatic hydroxyl groups is 1. The summed E-state index contributed by atoms with van der Waals surface area (Å²) in [7, 11) is 0. The van der Waals surface area contributed by atoms with Gasteiger partial charge in [-0.25, -0.2) is 0 Å². The zero-order valence-electron chi connectivity index (χ0n) is 26.8. The first kappa shape index (κ1) is 37.6. The van der Waals surface area contributed by atoms with Crippen LogP contribution in [-0.4, -0.2) is 15.9 Å². The van der Waals surface area contributed by atoms with Crippen LogP contribution in [0.25, 0.3) is 32.1 Å². The van der Waals surface area contributed by atoms with Gasteiger partial charge in [0.05, 0.1) is 11.3 Å². The van der Waals surface area contributed by atoms with E-state index in [9.17, 15) is 23.1 Å². The Labute approximate surface area is 277 Å². The van der Waals surface area contributed by atoms with Crippen molar-refractivity contribution in [3.63, 3.8) is 0 Å². The van der Waals surface area contributed by atoms with Gasteiger partial charge in [-0.1, -0.05) is 77.6 Å². The molecule has 44 heavy (non-hydrogen) atoms. The normalized spacial score (nSPS) is 12.4. The zero-order valence-corrected chi connectivity index (χ0v) is 30.0. The van der Waals surface area contributed by atoms with E-state index in [0.29, 0.717) is 10.4 Å². The molecule has 0 spiro atoms. The van der Waals surface area contributed by atoms with Crippen LogP contribution in [0.1, 0.15) is 90.2 Å². The number of benzene rings is 2. The Kier molecular flexibility index (Phi) is 13.4. The first-order chi connectivity index (χ1) is 20.2. The van der Waals surface area contributed by atoms with E-state index >= 15 is 0 Å². The largest absolute Gasteiger partial charge is 0.512 e. The van der Waals surface area contributed by atoms with Crippen molar-refractivity contribution >= 4 is 38.0 Å². The van der Waals surface area contributed by atoms with Gasteiger partial charge in [-0.15, -0.1) is 40.5 Å². The Morgan fingerprint density at radius 2 is 1.57 bits per heavy atom. The maximum Gasteiger partial charge on any atom is 0.418 e. The quantitative estimate of drug-likeness (QED) is 0.110. The number of aliphatic hydroxyl groups excluding tert-OH is 1. The standard InChI is InChI=1S/C23H19F3NS.C13H24O2.Ir/c1-13-19(23(24,25)26)17-9-10-27-20(21(17)28-13)15-11-14-7-5-6-8-16(14)18(12-15)22(2,3)4;1-5-10(6-2)12(14)9-13(15)11(7-3)8-4;/h5-10,12H,1-4H3;9-11,14H,5-8H2,1-4H3;/q-1;;/b;12-9-;. The molecule has 1 radical (unpaired) electrons. The van der Waals surface area contributed by atoms with Crippen LogP contribution in [0.15, 0.2) is 54.4 Å². The van der Waals surface area contributed by atoms with Crippen LogP contribution in [0.2, 0.25) is 0 Å². The van der Waals surface area contributed by atoms with E-state index in [1.54, 1.807) is 0 Å². The first-order valence-corrected chi connectivity index (χ1v) is 15.8. The van der Waals surface area contributed by atoms with E-state index in [-0.39, 0.29) is 59.2 Å². The van der Waals surface area contributed by atoms with Gasteiger partial charge in [0.2, 0.25) is 0 Å². The summed E-state index contributed by atoms with van der Waals surface area (Å²) in [5, 5.41) is 12.0. The van der Waals surface area contributed by atoms with Crippen LogP contribution in [-0.2, 0) is 36.5 Å². The molecule has 0 atom stereocenters. The number of allylic oxidation sites excluding steroid dienone is 2. The van der Waals surface area contributed by atoms with E-state index in [0.717, 1.165) is 58.9 Å². The Morgan fingerprint density at radius 1 is 0.977 bits per heavy atom. The second-order valence-electron chi connectivity index (χ2n) is 12.0. The molecule has 2 aromatic heterocycles. The maximum absolute atomic E-state index is 13.6. The number of pyridine rings is 1. The summed E-state index contributed by atoms with van der Waals surface area (Å²) < 4.78 is 41.2. The number of thiophene rings is 1. The summed E-state index contributed by atoms with van der Waals surface area (Å²) in [5.41, 5.74) is 1.72. The third-order valence-corrected chi connectivity index (χ3v) is 9.11. The van der Waals surface area contributed by atoms with Crippen molar-refractivity contribution in [3.8, 4) is 11.3 Å². The average Bonchev–Trinajstić information content (AvgIpc) is 3.30. The molecular weight excluding hydrogens is 760 g/mol. The van der Waals surface area contributed by atoms with E-state index in [4.69, 9.17) is 0 Å². The molecule has 0 bridgehead atoms. The summed E-state index contributed by atoms with van der Waals surface area (Å²) >= 11 is 1.14. The molecule has 8 heteroatoms. The minimum absolute atomic E-state index is 0. The fourth-order valence-electron chi connectivity index (χ4n) is 5.44. The molecule has 0 saturated carbocycles. The van der Waals surface area contributed by atoms with Crippen LogP contribution in [0.4, 0.5) is 13.2 Å². The summed E-state index contributed by atoms with van der Waals surface area (Å²) in [6.45, 7) is 16.0. The summed E-state index contributed by atoms with van der Waals surface area (Å²) in [4.78, 5) is 16.4. The zero-order chi connectivity index (χ0) is 32.1. The van der Waals surface area contributed by atoms with Crippen LogP contribution < -0.4 is 0 Å². The molecule has 3 nitrogen and oxygen atoms in total. The number of carbonyl (C=O) groups is 1. The Morgan fingerprint density at radius 3 is 2.11 bits per heavy atom. The topological polar surface area (TPSA) is 50.2 Å². The number of fused-ring (bicyclic) bond motifs is 2. The minimum atomic E-state index is -4.38. The van der Waals surface area contributed by atoms with Crippen molar-refractivity contribution in [2.75, 3.05) is 0 Å². The van der Waals surface area contributed by atoms with Crippen molar-refractivity contribution in [2.45, 2.75) is 92.7 Å². The molecule has 0 aliphatic rings. The summed E-state index contributed by atoms with van der Waals surface area (Å²) in [5.74, 6) is 0.547. The molecule has 4 aromatic rings. The van der Waals surface area contributed by atoms with Gasteiger partial charge in [-0.2, -0.15) is 13.2 Å². The fourth-order valence-corrected chi connectivity index (χ4v) is 6.62. The third-order valence-electron chi connectivity index (χ3n) is 7.98. The van der Waals surface area contributed by atoms with Crippen LogP contribution >= 0.6 is 11.3 Å². The smallest absolute Gasteiger partial charge is 0.418 e. The second-order valence-corrected chi connectivity index (χ2v) is 13.2. The molecule has 241 valence electrons. The number of ketones is 1. The minimum Gasteiger partial charge on any atom is -0.512 e. The van der Waals surface area contributed by atoms with Crippen LogP contribution in [0.5, 0.6) is 0 Å². The molecular formula is C36H43F3IrNO2S-. The number of hydrogen-bond acceptors (Lipinski definition) is 4. The molecule has 4 rings (SSSR count). The Hall–Kier alpha value is -2.54. The third kappa shape index (κ3) is 8.58. The summed E-state index contributed by atoms with van der Waals surface area (Å²) in [6, 6.07) is 14.8. The number of alkyl halides is 3. The molecule has 0 amide bonds. The number of aryl methyl sites for hydroxylation is 1. The predicted octanol–water partition coefficient (Wildman–Crippen LogP) is 11.4. The van der Waals surface area contributed by atoms with Crippen molar-refractivity contribution in [2.24, 2.45) is 11.8 Å². The van der Waals surface area contributed by atoms with Crippen LogP contribution in [0.3, 0.4) is 0 Å². The molecule has 2 heterocycles. The van der Waals surface area contributed by atoms with Gasteiger partial charge in [0.1, 0.15) is 0 Å². The number of halogens is 3. The molecule has 2 aromatic carbocycles. The number of carbonyl (C=O) groups excluding carboxylic acids is 1. The number of hydrogen-bond donors (Lipinski definition) is 1. The van der Waals surface area contributed by atoms with E-state index in [1.165, 1.54) is 25.3 Å². The monoisotopic (exact) mass is 803 g/mol. The van der Waals surface area contributed by atoms with Gasteiger partial charge in [-0.05, 0) is 44.1 Å². The predicted molar refractivity (Wildman–Crippen MR) is 174 cm³/mol. The molecule has 0 saturated heterocycles. The van der Waals surface area contributed by atoms with Gasteiger partial charge in [0.15, 0.2) is 5.78 Å². The molecule has 0 fully saturated rings. The van der Waals surface area contributed by atoms with E-state index < -0.39 is 11.7 Å². The molecule has 0 unspecified atom stereocenters. The van der Waals surface area contributed by atoms with Gasteiger partial charge in [0.25, 0.3) is 0 Å². The molecule has 1 N–H and O–H groups in total. The maximum atomic E-state index is 13.6. The second kappa shape index (κ2) is 15.6. The SMILES string of the molecule is CCC(CC)C(=O)/C=C(\O)C(CC)CC.Cc1sc2c(-c3[c-]c4ccccc4c(C(C)(C)C)c3)nccc2c1C(F)(F)F.[Ir]. The van der Waals surface area contributed by atoms with Gasteiger partial charge in [-0.3, -0.25) is 9.78 Å². The number of nitrogens with zero attached hydrogens (tertiary/aromatic N) is 1. The Balaban J connectivity index is 0.000000363. The first-order valence-electron chi connectivity index (χ1n) is 15.0.